The number of amides is 1. The molecule has 35 heavy (non-hydrogen) atoms. The van der Waals surface area contributed by atoms with Crippen LogP contribution < -0.4 is 14.8 Å². The summed E-state index contributed by atoms with van der Waals surface area (Å²) in [5.74, 6) is -1.11. The molecule has 1 heterocycles. The van der Waals surface area contributed by atoms with Crippen molar-refractivity contribution in [1.82, 2.24) is 4.72 Å². The molecule has 0 saturated carbocycles. The van der Waals surface area contributed by atoms with E-state index in [2.05, 4.69) is 10.0 Å². The first-order valence-electron chi connectivity index (χ1n) is 10.7. The Kier molecular flexibility index (Phi) is 6.77. The van der Waals surface area contributed by atoms with Crippen molar-refractivity contribution >= 4 is 49.5 Å². The van der Waals surface area contributed by atoms with Crippen LogP contribution in [0.5, 0.6) is 5.75 Å². The molecule has 2 N–H and O–H groups in total. The number of fused-ring (bicyclic) bond motifs is 3. The van der Waals surface area contributed by atoms with Crippen molar-refractivity contribution in [3.63, 3.8) is 0 Å². The van der Waals surface area contributed by atoms with Crippen LogP contribution in [0, 0.1) is 13.8 Å². The summed E-state index contributed by atoms with van der Waals surface area (Å²) in [5, 5.41) is 4.37. The lowest BCUT2D eigenvalue weighted by atomic mass is 10.1. The van der Waals surface area contributed by atoms with Gasteiger partial charge in [0, 0.05) is 16.8 Å². The Hall–Kier alpha value is -3.89. The van der Waals surface area contributed by atoms with E-state index in [-0.39, 0.29) is 4.90 Å². The molecule has 0 aliphatic carbocycles. The van der Waals surface area contributed by atoms with Crippen LogP contribution in [0.4, 0.5) is 5.69 Å². The van der Waals surface area contributed by atoms with Gasteiger partial charge in [0.1, 0.15) is 23.5 Å². The van der Waals surface area contributed by atoms with Gasteiger partial charge in [-0.2, -0.15) is 4.72 Å². The van der Waals surface area contributed by atoms with Crippen LogP contribution in [0.25, 0.3) is 21.9 Å². The number of rotatable bonds is 8. The van der Waals surface area contributed by atoms with Gasteiger partial charge in [-0.15, -0.1) is 0 Å². The summed E-state index contributed by atoms with van der Waals surface area (Å²) in [5.41, 5.74) is 3.36. The van der Waals surface area contributed by atoms with E-state index in [0.29, 0.717) is 22.6 Å². The minimum Gasteiger partial charge on any atom is -0.495 e. The fourth-order valence-electron chi connectivity index (χ4n) is 3.52. The van der Waals surface area contributed by atoms with Gasteiger partial charge < -0.3 is 19.2 Å². The summed E-state index contributed by atoms with van der Waals surface area (Å²) in [4.78, 5) is 24.4. The number of carbonyl (C=O) groups is 2. The van der Waals surface area contributed by atoms with Crippen LogP contribution in [-0.2, 0) is 24.3 Å². The molecule has 0 spiro atoms. The number of aryl methyl sites for hydroxylation is 2. The lowest BCUT2D eigenvalue weighted by Gasteiger charge is -2.11. The fraction of sp³-hybridized carbons (Fsp3) is 0.200. The van der Waals surface area contributed by atoms with E-state index in [0.717, 1.165) is 21.9 Å². The smallest absolute Gasteiger partial charge is 0.321 e. The number of sulfonamides is 1. The number of esters is 1. The van der Waals surface area contributed by atoms with Gasteiger partial charge in [-0.25, -0.2) is 8.42 Å². The third-order valence-electron chi connectivity index (χ3n) is 5.53. The molecule has 0 unspecified atom stereocenters. The Morgan fingerprint density at radius 2 is 1.71 bits per heavy atom. The average Bonchev–Trinajstić information content (AvgIpc) is 3.20. The van der Waals surface area contributed by atoms with Crippen molar-refractivity contribution in [2.45, 2.75) is 18.7 Å². The van der Waals surface area contributed by atoms with Crippen molar-refractivity contribution in [3.05, 3.63) is 65.7 Å². The van der Waals surface area contributed by atoms with Gasteiger partial charge in [0.05, 0.1) is 17.7 Å². The van der Waals surface area contributed by atoms with Crippen LogP contribution in [0.3, 0.4) is 0 Å². The van der Waals surface area contributed by atoms with Crippen molar-refractivity contribution in [3.8, 4) is 5.75 Å². The van der Waals surface area contributed by atoms with E-state index >= 15 is 0 Å². The maximum atomic E-state index is 12.4. The summed E-state index contributed by atoms with van der Waals surface area (Å²) in [6, 6.07) is 15.6. The van der Waals surface area contributed by atoms with Crippen molar-refractivity contribution in [1.29, 1.82) is 0 Å². The van der Waals surface area contributed by atoms with Gasteiger partial charge in [-0.05, 0) is 49.2 Å². The van der Waals surface area contributed by atoms with Crippen molar-refractivity contribution in [2.24, 2.45) is 0 Å². The van der Waals surface area contributed by atoms with E-state index in [1.54, 1.807) is 25.1 Å². The fourth-order valence-corrected chi connectivity index (χ4v) is 4.57. The molecule has 1 aromatic heterocycles. The first-order chi connectivity index (χ1) is 16.7. The number of methoxy groups -OCH3 is 1. The highest BCUT2D eigenvalue weighted by Gasteiger charge is 2.18. The topological polar surface area (TPSA) is 124 Å². The zero-order valence-corrected chi connectivity index (χ0v) is 20.2. The summed E-state index contributed by atoms with van der Waals surface area (Å²) >= 11 is 0. The molecule has 9 nitrogen and oxygen atoms in total. The van der Waals surface area contributed by atoms with Gasteiger partial charge in [0.2, 0.25) is 10.0 Å². The van der Waals surface area contributed by atoms with Crippen LogP contribution >= 0.6 is 0 Å². The summed E-state index contributed by atoms with van der Waals surface area (Å²) < 4.78 is 43.1. The Balaban J connectivity index is 1.36. The number of para-hydroxylation sites is 1. The molecular formula is C25H24N2O7S. The number of benzene rings is 3. The zero-order chi connectivity index (χ0) is 25.2. The highest BCUT2D eigenvalue weighted by molar-refractivity contribution is 7.89. The van der Waals surface area contributed by atoms with Gasteiger partial charge in [0.15, 0.2) is 6.61 Å². The van der Waals surface area contributed by atoms with Crippen LogP contribution in [0.2, 0.25) is 0 Å². The molecule has 1 amide bonds. The monoisotopic (exact) mass is 496 g/mol. The molecule has 182 valence electrons. The van der Waals surface area contributed by atoms with E-state index < -0.39 is 35.1 Å². The van der Waals surface area contributed by atoms with Gasteiger partial charge in [-0.3, -0.25) is 9.59 Å². The number of hydrogen-bond donors (Lipinski definition) is 2. The molecular weight excluding hydrogens is 472 g/mol. The molecule has 0 fully saturated rings. The highest BCUT2D eigenvalue weighted by Crippen LogP contribution is 2.36. The largest absolute Gasteiger partial charge is 0.495 e. The number of anilines is 1. The number of hydrogen-bond acceptors (Lipinski definition) is 7. The maximum absolute atomic E-state index is 12.4. The molecule has 4 aromatic rings. The van der Waals surface area contributed by atoms with Gasteiger partial charge in [0.25, 0.3) is 5.91 Å². The third kappa shape index (κ3) is 5.28. The molecule has 0 aliphatic rings. The van der Waals surface area contributed by atoms with E-state index in [4.69, 9.17) is 13.9 Å². The molecule has 3 aromatic carbocycles. The first-order valence-corrected chi connectivity index (χ1v) is 12.2. The Morgan fingerprint density at radius 1 is 0.943 bits per heavy atom. The Bertz CT molecular complexity index is 1540. The highest BCUT2D eigenvalue weighted by atomic mass is 32.2. The lowest BCUT2D eigenvalue weighted by molar-refractivity contribution is -0.146. The Labute approximate surface area is 202 Å². The number of carbonyl (C=O) groups excluding carboxylic acids is 2. The second-order valence-corrected chi connectivity index (χ2v) is 9.69. The van der Waals surface area contributed by atoms with Gasteiger partial charge >= 0.3 is 5.97 Å². The minimum absolute atomic E-state index is 0.0409. The van der Waals surface area contributed by atoms with Gasteiger partial charge in [-0.1, -0.05) is 24.3 Å². The van der Waals surface area contributed by atoms with Crippen LogP contribution in [-0.4, -0.2) is 40.6 Å². The second kappa shape index (κ2) is 9.77. The molecule has 0 aliphatic heterocycles. The molecule has 4 rings (SSSR count). The van der Waals surface area contributed by atoms with E-state index in [1.807, 2.05) is 31.2 Å². The third-order valence-corrected chi connectivity index (χ3v) is 6.93. The van der Waals surface area contributed by atoms with E-state index in [1.165, 1.54) is 19.2 Å². The normalized spacial score (nSPS) is 11.5. The van der Waals surface area contributed by atoms with Crippen LogP contribution in [0.1, 0.15) is 11.1 Å². The Morgan fingerprint density at radius 3 is 2.46 bits per heavy atom. The summed E-state index contributed by atoms with van der Waals surface area (Å²) in [7, 11) is -2.43. The standard InChI is InChI=1S/C25H24N2O7S/c1-15-8-9-17(10-16(15)2)35(30,31)26-13-25(29)33-14-24(28)27-20-12-22-19(11-23(20)32-3)18-6-4-5-7-21(18)34-22/h4-12,26H,13-14H2,1-3H3,(H,27,28). The lowest BCUT2D eigenvalue weighted by Crippen LogP contribution is -2.32. The summed E-state index contributed by atoms with van der Waals surface area (Å²) in [6.45, 7) is 2.44. The zero-order valence-electron chi connectivity index (χ0n) is 19.4. The second-order valence-electron chi connectivity index (χ2n) is 7.93. The maximum Gasteiger partial charge on any atom is 0.321 e. The SMILES string of the molecule is COc1cc2c(cc1NC(=O)COC(=O)CNS(=O)(=O)c1ccc(C)c(C)c1)oc1ccccc12. The predicted molar refractivity (Wildman–Crippen MR) is 131 cm³/mol. The van der Waals surface area contributed by atoms with Crippen molar-refractivity contribution in [2.75, 3.05) is 25.6 Å². The minimum atomic E-state index is -3.90. The summed E-state index contributed by atoms with van der Waals surface area (Å²) in [6.07, 6.45) is 0. The van der Waals surface area contributed by atoms with E-state index in [9.17, 15) is 18.0 Å². The van der Waals surface area contributed by atoms with Crippen LogP contribution in [0.15, 0.2) is 63.9 Å². The molecule has 10 heteroatoms. The molecule has 0 radical (unpaired) electrons. The number of ether oxygens (including phenoxy) is 2. The number of furan rings is 1. The molecule has 0 saturated heterocycles. The average molecular weight is 497 g/mol. The quantitative estimate of drug-likeness (QED) is 0.357. The number of nitrogens with one attached hydrogen (secondary N) is 2. The molecule has 0 bridgehead atoms. The predicted octanol–water partition coefficient (Wildman–Crippen LogP) is 3.67. The first kappa shape index (κ1) is 24.2. The molecule has 0 atom stereocenters. The van der Waals surface area contributed by atoms with Crippen molar-refractivity contribution < 1.29 is 31.9 Å².